The minimum absolute atomic E-state index is 0.209. The maximum Gasteiger partial charge on any atom is 0.183 e. The minimum Gasteiger partial charge on any atom is -0.415 e. The second-order valence-electron chi connectivity index (χ2n) is 4.35. The maximum atomic E-state index is 9.41. The van der Waals surface area contributed by atoms with Gasteiger partial charge < -0.3 is 19.4 Å². The van der Waals surface area contributed by atoms with Crippen molar-refractivity contribution in [3.63, 3.8) is 0 Å². The molecular weight excluding hydrogens is 188 g/mol. The summed E-state index contributed by atoms with van der Waals surface area (Å²) in [5.41, 5.74) is 0. The molecule has 0 aliphatic carbocycles. The van der Waals surface area contributed by atoms with E-state index in [0.717, 1.165) is 0 Å². The Morgan fingerprint density at radius 2 is 2.00 bits per heavy atom. The first-order chi connectivity index (χ1) is 5.90. The zero-order chi connectivity index (χ0) is 10.1. The lowest BCUT2D eigenvalue weighted by atomic mass is 10.2. The average molecular weight is 206 g/mol. The van der Waals surface area contributed by atoms with Gasteiger partial charge in [-0.2, -0.15) is 0 Å². The van der Waals surface area contributed by atoms with Gasteiger partial charge in [0.15, 0.2) is 8.32 Å². The zero-order valence-electron chi connectivity index (χ0n) is 8.36. The molecule has 2 N–H and O–H groups in total. The lowest BCUT2D eigenvalue weighted by molar-refractivity contribution is -0.00172. The molecule has 5 heteroatoms. The largest absolute Gasteiger partial charge is 0.415 e. The van der Waals surface area contributed by atoms with Gasteiger partial charge in [-0.05, 0) is 19.6 Å². The van der Waals surface area contributed by atoms with Crippen LogP contribution in [0.3, 0.4) is 0 Å². The third kappa shape index (κ3) is 3.36. The molecule has 0 aromatic heterocycles. The monoisotopic (exact) mass is 206 g/mol. The number of hydrogen-bond donors (Lipinski definition) is 2. The van der Waals surface area contributed by atoms with Gasteiger partial charge in [0.1, 0.15) is 18.3 Å². The van der Waals surface area contributed by atoms with Crippen LogP contribution >= 0.6 is 0 Å². The second kappa shape index (κ2) is 4.06. The molecule has 0 spiro atoms. The van der Waals surface area contributed by atoms with E-state index in [0.29, 0.717) is 6.61 Å². The van der Waals surface area contributed by atoms with Crippen molar-refractivity contribution in [2.24, 2.45) is 0 Å². The van der Waals surface area contributed by atoms with Crippen molar-refractivity contribution in [1.82, 2.24) is 0 Å². The number of hydrogen-bond acceptors (Lipinski definition) is 4. The lowest BCUT2D eigenvalue weighted by Crippen LogP contribution is -2.37. The number of rotatable bonds is 3. The van der Waals surface area contributed by atoms with Crippen molar-refractivity contribution in [2.45, 2.75) is 38.0 Å². The summed E-state index contributed by atoms with van der Waals surface area (Å²) in [6, 6.07) is 0. The van der Waals surface area contributed by atoms with Crippen LogP contribution in [0.2, 0.25) is 19.6 Å². The Bertz CT molecular complexity index is 168. The first-order valence-corrected chi connectivity index (χ1v) is 7.92. The molecule has 1 aliphatic heterocycles. The van der Waals surface area contributed by atoms with Crippen molar-refractivity contribution < 1.29 is 19.4 Å². The molecule has 1 saturated heterocycles. The van der Waals surface area contributed by atoms with E-state index >= 15 is 0 Å². The summed E-state index contributed by atoms with van der Waals surface area (Å²) in [6.45, 7) is 6.81. The normalized spacial score (nSPS) is 35.3. The fourth-order valence-electron chi connectivity index (χ4n) is 1.15. The average Bonchev–Trinajstić information content (AvgIpc) is 2.29. The Kier molecular flexibility index (Phi) is 3.48. The highest BCUT2D eigenvalue weighted by Crippen LogP contribution is 2.16. The van der Waals surface area contributed by atoms with Gasteiger partial charge in [0.05, 0.1) is 13.2 Å². The van der Waals surface area contributed by atoms with Crippen molar-refractivity contribution in [3.8, 4) is 0 Å². The highest BCUT2D eigenvalue weighted by atomic mass is 28.4. The molecule has 1 fully saturated rings. The molecule has 1 heterocycles. The van der Waals surface area contributed by atoms with Gasteiger partial charge in [-0.15, -0.1) is 0 Å². The van der Waals surface area contributed by atoms with Crippen molar-refractivity contribution in [2.75, 3.05) is 13.2 Å². The molecule has 0 bridgehead atoms. The quantitative estimate of drug-likeness (QED) is 0.636. The van der Waals surface area contributed by atoms with Gasteiger partial charge in [0, 0.05) is 0 Å². The molecule has 0 aromatic rings. The second-order valence-corrected chi connectivity index (χ2v) is 8.87. The number of ether oxygens (including phenoxy) is 1. The molecule has 4 nitrogen and oxygen atoms in total. The zero-order valence-corrected chi connectivity index (χ0v) is 9.36. The molecule has 1 aliphatic rings. The van der Waals surface area contributed by atoms with Crippen molar-refractivity contribution in [3.05, 3.63) is 0 Å². The van der Waals surface area contributed by atoms with Crippen LogP contribution in [0, 0.1) is 0 Å². The van der Waals surface area contributed by atoms with Gasteiger partial charge in [0.2, 0.25) is 0 Å². The maximum absolute atomic E-state index is 9.41. The van der Waals surface area contributed by atoms with Crippen molar-refractivity contribution in [1.29, 1.82) is 0 Å². The lowest BCUT2D eigenvalue weighted by Gasteiger charge is -2.21. The minimum atomic E-state index is -1.55. The van der Waals surface area contributed by atoms with E-state index in [4.69, 9.17) is 9.16 Å². The molecule has 0 radical (unpaired) electrons. The van der Waals surface area contributed by atoms with Crippen LogP contribution in [0.1, 0.15) is 0 Å². The predicted octanol–water partition coefficient (Wildman–Crippen LogP) is -0.0415. The standard InChI is InChI=1S/C8H18O4Si/c1-13(2,3)12-5-7-8(10)6(9)4-11-7/h6-10H,4-5H2,1-3H3/t6-,7+,8+/m0/s1. The van der Waals surface area contributed by atoms with E-state index in [-0.39, 0.29) is 12.7 Å². The van der Waals surface area contributed by atoms with Crippen LogP contribution < -0.4 is 0 Å². The fourth-order valence-corrected chi connectivity index (χ4v) is 1.81. The molecule has 0 amide bonds. The summed E-state index contributed by atoms with van der Waals surface area (Å²) in [6.07, 6.45) is -1.91. The first kappa shape index (κ1) is 11.1. The number of aliphatic hydroxyl groups is 2. The third-order valence-electron chi connectivity index (χ3n) is 1.94. The van der Waals surface area contributed by atoms with Gasteiger partial charge in [0.25, 0.3) is 0 Å². The SMILES string of the molecule is C[Si](C)(C)OC[C@H]1OC[C@H](O)[C@H]1O. The van der Waals surface area contributed by atoms with E-state index in [1.165, 1.54) is 0 Å². The fraction of sp³-hybridized carbons (Fsp3) is 1.00. The highest BCUT2D eigenvalue weighted by Gasteiger charge is 2.35. The molecule has 1 rings (SSSR count). The predicted molar refractivity (Wildman–Crippen MR) is 51.1 cm³/mol. The molecule has 3 atom stereocenters. The van der Waals surface area contributed by atoms with Crippen LogP contribution in [0.25, 0.3) is 0 Å². The topological polar surface area (TPSA) is 58.9 Å². The Morgan fingerprint density at radius 1 is 1.38 bits per heavy atom. The summed E-state index contributed by atoms with van der Waals surface area (Å²) in [4.78, 5) is 0. The van der Waals surface area contributed by atoms with Crippen LogP contribution in [-0.2, 0) is 9.16 Å². The van der Waals surface area contributed by atoms with Gasteiger partial charge >= 0.3 is 0 Å². The molecule has 0 saturated carbocycles. The van der Waals surface area contributed by atoms with Crippen molar-refractivity contribution >= 4 is 8.32 Å². The van der Waals surface area contributed by atoms with Crippen LogP contribution in [0.5, 0.6) is 0 Å². The molecule has 78 valence electrons. The van der Waals surface area contributed by atoms with E-state index < -0.39 is 20.5 Å². The first-order valence-electron chi connectivity index (χ1n) is 4.52. The summed E-state index contributed by atoms with van der Waals surface area (Å²) < 4.78 is 10.7. The summed E-state index contributed by atoms with van der Waals surface area (Å²) >= 11 is 0. The Hall–Kier alpha value is 0.0569. The van der Waals surface area contributed by atoms with E-state index in [1.54, 1.807) is 0 Å². The summed E-state index contributed by atoms with van der Waals surface area (Å²) in [5, 5.41) is 18.6. The van der Waals surface area contributed by atoms with Crippen LogP contribution in [0.15, 0.2) is 0 Å². The Balaban J connectivity index is 2.30. The van der Waals surface area contributed by atoms with Crippen LogP contribution in [-0.4, -0.2) is 50.1 Å². The summed E-state index contributed by atoms with van der Waals surface area (Å²) in [5.74, 6) is 0. The number of aliphatic hydroxyl groups excluding tert-OH is 2. The van der Waals surface area contributed by atoms with Crippen LogP contribution in [0.4, 0.5) is 0 Å². The van der Waals surface area contributed by atoms with E-state index in [2.05, 4.69) is 19.6 Å². The molecule has 0 aromatic carbocycles. The highest BCUT2D eigenvalue weighted by molar-refractivity contribution is 6.69. The van der Waals surface area contributed by atoms with Gasteiger partial charge in [-0.3, -0.25) is 0 Å². The Morgan fingerprint density at radius 3 is 2.38 bits per heavy atom. The van der Waals surface area contributed by atoms with E-state index in [1.807, 2.05) is 0 Å². The smallest absolute Gasteiger partial charge is 0.183 e. The third-order valence-corrected chi connectivity index (χ3v) is 2.97. The van der Waals surface area contributed by atoms with Gasteiger partial charge in [-0.25, -0.2) is 0 Å². The summed E-state index contributed by atoms with van der Waals surface area (Å²) in [7, 11) is -1.55. The molecule has 0 unspecified atom stereocenters. The van der Waals surface area contributed by atoms with Gasteiger partial charge in [-0.1, -0.05) is 0 Å². The Labute approximate surface area is 79.6 Å². The van der Waals surface area contributed by atoms with E-state index in [9.17, 15) is 10.2 Å². The molecular formula is C8H18O4Si. The molecule has 13 heavy (non-hydrogen) atoms.